The maximum absolute atomic E-state index is 12.9. The van der Waals surface area contributed by atoms with E-state index in [0.717, 1.165) is 25.9 Å². The first-order chi connectivity index (χ1) is 15.5. The van der Waals surface area contributed by atoms with Gasteiger partial charge in [0.2, 0.25) is 0 Å². The van der Waals surface area contributed by atoms with E-state index in [1.807, 2.05) is 35.7 Å². The third-order valence-electron chi connectivity index (χ3n) is 4.80. The van der Waals surface area contributed by atoms with Gasteiger partial charge in [-0.25, -0.2) is 14.8 Å². The predicted molar refractivity (Wildman–Crippen MR) is 126 cm³/mol. The van der Waals surface area contributed by atoms with E-state index in [9.17, 15) is 14.4 Å². The number of nitrogens with two attached hydrogens (primary N) is 1. The number of ketones is 1. The van der Waals surface area contributed by atoms with Crippen LogP contribution in [0.2, 0.25) is 0 Å². The van der Waals surface area contributed by atoms with Gasteiger partial charge in [-0.15, -0.1) is 11.3 Å². The summed E-state index contributed by atoms with van der Waals surface area (Å²) in [6, 6.07) is 9.84. The van der Waals surface area contributed by atoms with Crippen LogP contribution < -0.4 is 17.0 Å². The summed E-state index contributed by atoms with van der Waals surface area (Å²) in [5, 5.41) is 3.49. The van der Waals surface area contributed by atoms with E-state index in [1.54, 1.807) is 0 Å². The minimum absolute atomic E-state index is 0.0774. The molecule has 0 atom stereocenters. The molecule has 9 nitrogen and oxygen atoms in total. The number of benzene rings is 1. The third-order valence-corrected chi connectivity index (χ3v) is 6.67. The lowest BCUT2D eigenvalue weighted by atomic mass is 10.1. The number of nitrogens with zero attached hydrogens (tertiary/aromatic N) is 3. The van der Waals surface area contributed by atoms with Crippen molar-refractivity contribution in [3.63, 3.8) is 0 Å². The monoisotopic (exact) mass is 469 g/mol. The molecule has 1 aromatic carbocycles. The van der Waals surface area contributed by atoms with E-state index in [2.05, 4.69) is 15.0 Å². The number of aromatic nitrogens is 4. The molecule has 0 saturated heterocycles. The van der Waals surface area contributed by atoms with E-state index in [-0.39, 0.29) is 30.3 Å². The molecule has 4 aromatic rings. The van der Waals surface area contributed by atoms with Gasteiger partial charge in [-0.2, -0.15) is 0 Å². The number of Topliss-reactive ketones (excluding diaryl/α,β-unsaturated/α-hetero) is 1. The summed E-state index contributed by atoms with van der Waals surface area (Å²) in [6.07, 6.45) is 1.45. The minimum Gasteiger partial charge on any atom is -0.384 e. The topological polar surface area (TPSA) is 133 Å². The molecule has 0 fully saturated rings. The lowest BCUT2D eigenvalue weighted by molar-refractivity contribution is 0.102. The van der Waals surface area contributed by atoms with Gasteiger partial charge >= 0.3 is 5.69 Å². The van der Waals surface area contributed by atoms with Gasteiger partial charge in [0.25, 0.3) is 5.56 Å². The fourth-order valence-electron chi connectivity index (χ4n) is 3.26. The maximum atomic E-state index is 12.9. The Bertz CT molecular complexity index is 1400. The van der Waals surface area contributed by atoms with Gasteiger partial charge in [-0.1, -0.05) is 42.1 Å². The maximum Gasteiger partial charge on any atom is 0.330 e. The molecule has 0 bridgehead atoms. The SMILES string of the molecule is COCCn1c(N)c(C(=O)CSc2ncnc3scc(-c4ccccc4)c23)c(=O)[nH]c1=O. The van der Waals surface area contributed by atoms with Crippen LogP contribution in [-0.4, -0.2) is 44.8 Å². The Hall–Kier alpha value is -3.28. The Labute approximate surface area is 190 Å². The fraction of sp³-hybridized carbons (Fsp3) is 0.190. The summed E-state index contributed by atoms with van der Waals surface area (Å²) < 4.78 is 6.09. The highest BCUT2D eigenvalue weighted by Gasteiger charge is 2.21. The zero-order valence-corrected chi connectivity index (χ0v) is 18.7. The van der Waals surface area contributed by atoms with E-state index in [1.165, 1.54) is 36.5 Å². The second-order valence-corrected chi connectivity index (χ2v) is 8.57. The predicted octanol–water partition coefficient (Wildman–Crippen LogP) is 2.41. The van der Waals surface area contributed by atoms with Crippen LogP contribution >= 0.6 is 23.1 Å². The number of ether oxygens (including phenoxy) is 1. The van der Waals surface area contributed by atoms with E-state index in [4.69, 9.17) is 10.5 Å². The molecule has 0 unspecified atom stereocenters. The molecular formula is C21H19N5O4S2. The number of methoxy groups -OCH3 is 1. The lowest BCUT2D eigenvalue weighted by Crippen LogP contribution is -2.37. The molecule has 3 heterocycles. The quantitative estimate of drug-likeness (QED) is 0.228. The number of thioether (sulfide) groups is 1. The number of nitrogens with one attached hydrogen (secondary N) is 1. The Morgan fingerprint density at radius 1 is 1.25 bits per heavy atom. The van der Waals surface area contributed by atoms with Crippen molar-refractivity contribution in [2.24, 2.45) is 0 Å². The van der Waals surface area contributed by atoms with Crippen LogP contribution in [0, 0.1) is 0 Å². The number of nitrogen functional groups attached to an aromatic ring is 1. The first kappa shape index (κ1) is 21.9. The molecule has 0 spiro atoms. The average molecular weight is 470 g/mol. The number of carbonyl (C=O) groups is 1. The zero-order valence-electron chi connectivity index (χ0n) is 17.0. The molecule has 0 amide bonds. The number of hydrogen-bond donors (Lipinski definition) is 2. The van der Waals surface area contributed by atoms with E-state index < -0.39 is 17.0 Å². The molecule has 4 rings (SSSR count). The lowest BCUT2D eigenvalue weighted by Gasteiger charge is -2.11. The number of hydrogen-bond acceptors (Lipinski definition) is 9. The van der Waals surface area contributed by atoms with Gasteiger partial charge in [0.05, 0.1) is 24.3 Å². The summed E-state index contributed by atoms with van der Waals surface area (Å²) in [7, 11) is 1.48. The summed E-state index contributed by atoms with van der Waals surface area (Å²) >= 11 is 2.69. The Morgan fingerprint density at radius 2 is 2.03 bits per heavy atom. The van der Waals surface area contributed by atoms with Crippen LogP contribution in [0.15, 0.2) is 56.7 Å². The van der Waals surface area contributed by atoms with Crippen molar-refractivity contribution in [1.29, 1.82) is 0 Å². The molecule has 0 radical (unpaired) electrons. The van der Waals surface area contributed by atoms with E-state index in [0.29, 0.717) is 5.03 Å². The highest BCUT2D eigenvalue weighted by atomic mass is 32.2. The molecule has 32 heavy (non-hydrogen) atoms. The number of rotatable bonds is 8. The van der Waals surface area contributed by atoms with Crippen molar-refractivity contribution >= 4 is 44.9 Å². The van der Waals surface area contributed by atoms with Crippen LogP contribution in [-0.2, 0) is 11.3 Å². The Balaban J connectivity index is 1.65. The molecule has 0 aliphatic rings. The van der Waals surface area contributed by atoms with Gasteiger partial charge in [-0.3, -0.25) is 19.1 Å². The zero-order chi connectivity index (χ0) is 22.7. The highest BCUT2D eigenvalue weighted by Crippen LogP contribution is 2.37. The molecule has 0 aliphatic heterocycles. The number of carbonyl (C=O) groups excluding carboxylic acids is 1. The van der Waals surface area contributed by atoms with Crippen molar-refractivity contribution in [2.75, 3.05) is 25.2 Å². The Kier molecular flexibility index (Phi) is 6.49. The van der Waals surface area contributed by atoms with E-state index >= 15 is 0 Å². The molecule has 11 heteroatoms. The van der Waals surface area contributed by atoms with Gasteiger partial charge in [-0.05, 0) is 5.56 Å². The second kappa shape index (κ2) is 9.47. The largest absolute Gasteiger partial charge is 0.384 e. The van der Waals surface area contributed by atoms with Crippen molar-refractivity contribution in [2.45, 2.75) is 11.6 Å². The van der Waals surface area contributed by atoms with Crippen LogP contribution in [0.3, 0.4) is 0 Å². The second-order valence-electron chi connectivity index (χ2n) is 6.75. The molecule has 164 valence electrons. The van der Waals surface area contributed by atoms with Gasteiger partial charge < -0.3 is 10.5 Å². The standard InChI is InChI=1S/C21H19N5O4S2/c1-30-8-7-26-17(22)16(18(28)25-21(26)29)14(27)10-32-20-15-13(12-5-3-2-4-6-12)9-31-19(15)23-11-24-20/h2-6,9,11H,7-8,10,22H2,1H3,(H,25,28,29). The normalized spacial score (nSPS) is 11.2. The molecule has 0 saturated carbocycles. The average Bonchev–Trinajstić information content (AvgIpc) is 3.23. The van der Waals surface area contributed by atoms with Gasteiger partial charge in [0.1, 0.15) is 27.6 Å². The summed E-state index contributed by atoms with van der Waals surface area (Å²) in [6.45, 7) is 0.325. The summed E-state index contributed by atoms with van der Waals surface area (Å²) in [5.41, 5.74) is 6.27. The number of anilines is 1. The van der Waals surface area contributed by atoms with Crippen LogP contribution in [0.4, 0.5) is 5.82 Å². The molecule has 3 aromatic heterocycles. The van der Waals surface area contributed by atoms with Crippen molar-refractivity contribution in [3.05, 3.63) is 68.4 Å². The molecular weight excluding hydrogens is 450 g/mol. The summed E-state index contributed by atoms with van der Waals surface area (Å²) in [5.74, 6) is -0.746. The molecule has 3 N–H and O–H groups in total. The molecule has 0 aliphatic carbocycles. The first-order valence-corrected chi connectivity index (χ1v) is 11.4. The highest BCUT2D eigenvalue weighted by molar-refractivity contribution is 8.00. The Morgan fingerprint density at radius 3 is 2.78 bits per heavy atom. The van der Waals surface area contributed by atoms with Crippen LogP contribution in [0.5, 0.6) is 0 Å². The minimum atomic E-state index is -0.805. The van der Waals surface area contributed by atoms with Gasteiger partial charge in [0.15, 0.2) is 5.78 Å². The number of H-pyrrole nitrogens is 1. The summed E-state index contributed by atoms with van der Waals surface area (Å²) in [4.78, 5) is 48.9. The van der Waals surface area contributed by atoms with Crippen molar-refractivity contribution in [1.82, 2.24) is 19.5 Å². The van der Waals surface area contributed by atoms with Crippen LogP contribution in [0.1, 0.15) is 10.4 Å². The number of aromatic amines is 1. The fourth-order valence-corrected chi connectivity index (χ4v) is 5.12. The van der Waals surface area contributed by atoms with Gasteiger partial charge in [0, 0.05) is 18.1 Å². The third kappa shape index (κ3) is 4.22. The smallest absolute Gasteiger partial charge is 0.330 e. The number of fused-ring (bicyclic) bond motifs is 1. The van der Waals surface area contributed by atoms with Crippen molar-refractivity contribution < 1.29 is 9.53 Å². The number of thiophene rings is 1. The first-order valence-electron chi connectivity index (χ1n) is 9.56. The van der Waals surface area contributed by atoms with Crippen LogP contribution in [0.25, 0.3) is 21.3 Å². The van der Waals surface area contributed by atoms with Crippen molar-refractivity contribution in [3.8, 4) is 11.1 Å².